The summed E-state index contributed by atoms with van der Waals surface area (Å²) in [6.07, 6.45) is 58.2. The number of rotatable bonds is 77. The first-order valence-corrected chi connectivity index (χ1v) is 43.5. The van der Waals surface area contributed by atoms with Crippen molar-refractivity contribution in [3.8, 4) is 0 Å². The highest BCUT2D eigenvalue weighted by atomic mass is 31.2. The quantitative estimate of drug-likeness (QED) is 0.0222. The molecule has 5 atom stereocenters. The molecule has 0 spiro atoms. The monoisotopic (exact) mass is 1420 g/mol. The smallest absolute Gasteiger partial charge is 0.462 e. The molecule has 0 aromatic heterocycles. The zero-order chi connectivity index (χ0) is 71.4. The summed E-state index contributed by atoms with van der Waals surface area (Å²) in [5.74, 6) is -0.557. The van der Waals surface area contributed by atoms with Crippen molar-refractivity contribution in [3.05, 3.63) is 0 Å². The molecule has 0 rings (SSSR count). The summed E-state index contributed by atoms with van der Waals surface area (Å²) in [7, 11) is -9.91. The fourth-order valence-electron chi connectivity index (χ4n) is 12.0. The van der Waals surface area contributed by atoms with Gasteiger partial charge in [-0.25, -0.2) is 9.13 Å². The topological polar surface area (TPSA) is 237 Å². The van der Waals surface area contributed by atoms with Crippen molar-refractivity contribution in [1.29, 1.82) is 0 Å². The van der Waals surface area contributed by atoms with Crippen LogP contribution in [0.3, 0.4) is 0 Å². The van der Waals surface area contributed by atoms with Crippen LogP contribution in [0.4, 0.5) is 0 Å². The van der Waals surface area contributed by atoms with E-state index in [0.29, 0.717) is 25.7 Å². The Labute approximate surface area is 594 Å². The van der Waals surface area contributed by atoms with Gasteiger partial charge in [0, 0.05) is 25.7 Å². The van der Waals surface area contributed by atoms with Gasteiger partial charge in [-0.15, -0.1) is 0 Å². The lowest BCUT2D eigenvalue weighted by Gasteiger charge is -2.21. The van der Waals surface area contributed by atoms with Crippen LogP contribution in [-0.2, 0) is 65.4 Å². The second-order valence-electron chi connectivity index (χ2n) is 29.1. The van der Waals surface area contributed by atoms with Crippen LogP contribution in [0, 0.1) is 11.8 Å². The van der Waals surface area contributed by atoms with Crippen LogP contribution in [-0.4, -0.2) is 96.7 Å². The summed E-state index contributed by atoms with van der Waals surface area (Å²) in [6.45, 7) is 9.63. The molecule has 2 unspecified atom stereocenters. The van der Waals surface area contributed by atoms with Crippen molar-refractivity contribution in [1.82, 2.24) is 0 Å². The van der Waals surface area contributed by atoms with Gasteiger partial charge in [-0.2, -0.15) is 0 Å². The number of carbonyl (C=O) groups is 4. The Morgan fingerprint density at radius 1 is 0.278 bits per heavy atom. The number of ether oxygens (including phenoxy) is 4. The number of phosphoric acid groups is 2. The highest BCUT2D eigenvalue weighted by molar-refractivity contribution is 7.47. The Morgan fingerprint density at radius 2 is 0.474 bits per heavy atom. The zero-order valence-electron chi connectivity index (χ0n) is 63.4. The van der Waals surface area contributed by atoms with Gasteiger partial charge < -0.3 is 33.8 Å². The minimum Gasteiger partial charge on any atom is -0.462 e. The molecule has 97 heavy (non-hydrogen) atoms. The summed E-state index contributed by atoms with van der Waals surface area (Å²) < 4.78 is 68.6. The molecule has 576 valence electrons. The van der Waals surface area contributed by atoms with E-state index in [1.165, 1.54) is 225 Å². The molecule has 19 heteroatoms. The van der Waals surface area contributed by atoms with Crippen molar-refractivity contribution in [3.63, 3.8) is 0 Å². The van der Waals surface area contributed by atoms with E-state index in [1.54, 1.807) is 0 Å². The maximum absolute atomic E-state index is 13.1. The SMILES string of the molecule is CCCCCCCCCCCCCCCCCCC(=O)OC[C@H](COP(=O)(O)OC[C@@H](O)COP(=O)(O)OC[C@@H](COC(=O)CCCCCCCCCCCC)OC(=O)CCCCCCCCCCCCC(C)C)OC(=O)CCCCCCCCCCCCCCCCCC(C)C. The van der Waals surface area contributed by atoms with Crippen molar-refractivity contribution in [2.45, 2.75) is 426 Å². The van der Waals surface area contributed by atoms with Crippen molar-refractivity contribution in [2.24, 2.45) is 11.8 Å². The molecule has 0 radical (unpaired) electrons. The standard InChI is InChI=1S/C78H152O17P2/c1-7-9-11-13-15-17-19-20-21-24-27-30-37-43-49-55-61-76(81)89-67-74(94-77(82)62-56-50-44-38-31-28-25-22-23-26-29-34-40-46-52-58-70(3)4)69-93-97(86,87)91-65-72(79)64-90-96(84,85)92-68-73(66-88-75(80)60-54-48-42-36-18-16-14-12-10-8-2)95-78(83)63-57-51-45-39-33-32-35-41-47-53-59-71(5)6/h70-74,79H,7-69H2,1-6H3,(H,84,85)(H,86,87)/t72-,73+,74+/m0/s1. The fourth-order valence-corrected chi connectivity index (χ4v) is 13.6. The summed E-state index contributed by atoms with van der Waals surface area (Å²) in [5, 5.41) is 10.6. The lowest BCUT2D eigenvalue weighted by molar-refractivity contribution is -0.161. The summed E-state index contributed by atoms with van der Waals surface area (Å²) in [5.41, 5.74) is 0. The summed E-state index contributed by atoms with van der Waals surface area (Å²) >= 11 is 0. The average Bonchev–Trinajstić information content (AvgIpc) is 1.01. The number of unbranched alkanes of at least 4 members (excludes halogenated alkanes) is 47. The third kappa shape index (κ3) is 72.2. The molecular formula is C78H152O17P2. The van der Waals surface area contributed by atoms with Crippen LogP contribution in [0.1, 0.15) is 408 Å². The van der Waals surface area contributed by atoms with Crippen LogP contribution < -0.4 is 0 Å². The number of esters is 4. The zero-order valence-corrected chi connectivity index (χ0v) is 65.2. The number of hydrogen-bond acceptors (Lipinski definition) is 15. The number of phosphoric ester groups is 2. The highest BCUT2D eigenvalue weighted by Gasteiger charge is 2.30. The van der Waals surface area contributed by atoms with Gasteiger partial charge in [0.05, 0.1) is 26.4 Å². The molecule has 0 aliphatic rings. The molecule has 0 aliphatic heterocycles. The van der Waals surface area contributed by atoms with E-state index in [-0.39, 0.29) is 25.7 Å². The van der Waals surface area contributed by atoms with Crippen LogP contribution in [0.15, 0.2) is 0 Å². The van der Waals surface area contributed by atoms with E-state index in [9.17, 15) is 43.2 Å². The molecule has 0 saturated heterocycles. The Kier molecular flexibility index (Phi) is 68.4. The molecule has 0 amide bonds. The Balaban J connectivity index is 5.24. The van der Waals surface area contributed by atoms with E-state index in [1.807, 2.05) is 0 Å². The number of carbonyl (C=O) groups excluding carboxylic acids is 4. The maximum atomic E-state index is 13.1. The largest absolute Gasteiger partial charge is 0.472 e. The highest BCUT2D eigenvalue weighted by Crippen LogP contribution is 2.45. The lowest BCUT2D eigenvalue weighted by Crippen LogP contribution is -2.30. The second-order valence-corrected chi connectivity index (χ2v) is 32.0. The minimum atomic E-state index is -4.96. The lowest BCUT2D eigenvalue weighted by atomic mass is 10.0. The molecule has 0 fully saturated rings. The van der Waals surface area contributed by atoms with Gasteiger partial charge in [0.15, 0.2) is 12.2 Å². The van der Waals surface area contributed by atoms with Crippen LogP contribution >= 0.6 is 15.6 Å². The normalized spacial score (nSPS) is 14.0. The van der Waals surface area contributed by atoms with Gasteiger partial charge >= 0.3 is 39.5 Å². The predicted octanol–water partition coefficient (Wildman–Crippen LogP) is 23.1. The van der Waals surface area contributed by atoms with E-state index in [4.69, 9.17) is 37.0 Å². The Bertz CT molecular complexity index is 1870. The molecular weight excluding hydrogens is 1270 g/mol. The van der Waals surface area contributed by atoms with E-state index < -0.39 is 97.5 Å². The minimum absolute atomic E-state index is 0.106. The van der Waals surface area contributed by atoms with Crippen molar-refractivity contribution < 1.29 is 80.2 Å². The van der Waals surface area contributed by atoms with E-state index in [0.717, 1.165) is 102 Å². The van der Waals surface area contributed by atoms with Gasteiger partial charge in [-0.3, -0.25) is 37.3 Å². The first-order valence-electron chi connectivity index (χ1n) is 40.5. The Hall–Kier alpha value is -1.94. The maximum Gasteiger partial charge on any atom is 0.472 e. The molecule has 0 aromatic rings. The molecule has 0 bridgehead atoms. The molecule has 0 aromatic carbocycles. The van der Waals surface area contributed by atoms with Crippen LogP contribution in [0.5, 0.6) is 0 Å². The fraction of sp³-hybridized carbons (Fsp3) is 0.949. The van der Waals surface area contributed by atoms with Crippen molar-refractivity contribution >= 4 is 39.5 Å². The van der Waals surface area contributed by atoms with E-state index >= 15 is 0 Å². The number of aliphatic hydroxyl groups is 1. The summed E-state index contributed by atoms with van der Waals surface area (Å²) in [4.78, 5) is 72.9. The average molecular weight is 1420 g/mol. The second kappa shape index (κ2) is 69.8. The van der Waals surface area contributed by atoms with Gasteiger partial charge in [-0.05, 0) is 37.5 Å². The van der Waals surface area contributed by atoms with Gasteiger partial charge in [0.2, 0.25) is 0 Å². The van der Waals surface area contributed by atoms with Gasteiger partial charge in [0.1, 0.15) is 19.3 Å². The predicted molar refractivity (Wildman–Crippen MR) is 395 cm³/mol. The third-order valence-electron chi connectivity index (χ3n) is 18.2. The van der Waals surface area contributed by atoms with Gasteiger partial charge in [0.25, 0.3) is 0 Å². The van der Waals surface area contributed by atoms with Gasteiger partial charge in [-0.1, -0.05) is 356 Å². The van der Waals surface area contributed by atoms with E-state index in [2.05, 4.69) is 41.5 Å². The first kappa shape index (κ1) is 95.1. The molecule has 0 aliphatic carbocycles. The van der Waals surface area contributed by atoms with Crippen molar-refractivity contribution in [2.75, 3.05) is 39.6 Å². The third-order valence-corrected chi connectivity index (χ3v) is 20.1. The molecule has 0 saturated carbocycles. The van der Waals surface area contributed by atoms with Crippen LogP contribution in [0.25, 0.3) is 0 Å². The molecule has 3 N–H and O–H groups in total. The molecule has 0 heterocycles. The molecule has 17 nitrogen and oxygen atoms in total. The number of hydrogen-bond donors (Lipinski definition) is 3. The first-order chi connectivity index (χ1) is 46.9. The Morgan fingerprint density at radius 3 is 0.701 bits per heavy atom. The van der Waals surface area contributed by atoms with Crippen LogP contribution in [0.2, 0.25) is 0 Å². The number of aliphatic hydroxyl groups excluding tert-OH is 1. The summed E-state index contributed by atoms with van der Waals surface area (Å²) in [6, 6.07) is 0.